The first-order valence-corrected chi connectivity index (χ1v) is 6.34. The fourth-order valence-electron chi connectivity index (χ4n) is 2.45. The maximum absolute atomic E-state index is 11.2. The Balaban J connectivity index is 2.26. The summed E-state index contributed by atoms with van der Waals surface area (Å²) in [5.41, 5.74) is 7.31. The number of primary amides is 1. The molecule has 0 aromatic heterocycles. The predicted octanol–water partition coefficient (Wildman–Crippen LogP) is 0.871. The number of benzene rings is 1. The largest absolute Gasteiger partial charge is 0.481 e. The zero-order valence-corrected chi connectivity index (χ0v) is 10.9. The lowest BCUT2D eigenvalue weighted by Crippen LogP contribution is -2.43. The predicted molar refractivity (Wildman–Crippen MR) is 71.8 cm³/mol. The first kappa shape index (κ1) is 13.4. The van der Waals surface area contributed by atoms with Gasteiger partial charge in [-0.15, -0.1) is 0 Å². The fourth-order valence-corrected chi connectivity index (χ4v) is 2.45. The lowest BCUT2D eigenvalue weighted by atomic mass is 9.92. The topological polar surface area (TPSA) is 83.6 Å². The van der Waals surface area contributed by atoms with Crippen molar-refractivity contribution < 1.29 is 14.7 Å². The fraction of sp³-hybridized carbons (Fsp3) is 0.429. The second-order valence-electron chi connectivity index (χ2n) is 5.08. The van der Waals surface area contributed by atoms with Crippen LogP contribution in [0.25, 0.3) is 0 Å². The van der Waals surface area contributed by atoms with Gasteiger partial charge in [0.25, 0.3) is 0 Å². The highest BCUT2D eigenvalue weighted by molar-refractivity contribution is 5.78. The van der Waals surface area contributed by atoms with Crippen LogP contribution in [0.4, 0.5) is 5.69 Å². The van der Waals surface area contributed by atoms with E-state index < -0.39 is 11.9 Å². The molecule has 0 radical (unpaired) electrons. The molecule has 2 atom stereocenters. The Kier molecular flexibility index (Phi) is 3.74. The number of hydrogen-bond donors (Lipinski definition) is 2. The number of anilines is 1. The van der Waals surface area contributed by atoms with E-state index in [0.717, 1.165) is 11.3 Å². The minimum atomic E-state index is -0.800. The minimum absolute atomic E-state index is 0.305. The first-order valence-electron chi connectivity index (χ1n) is 6.34. The van der Waals surface area contributed by atoms with Crippen LogP contribution in [0.3, 0.4) is 0 Å². The second-order valence-corrected chi connectivity index (χ2v) is 5.08. The van der Waals surface area contributed by atoms with Gasteiger partial charge < -0.3 is 15.7 Å². The normalized spacial score (nSPS) is 19.6. The minimum Gasteiger partial charge on any atom is -0.481 e. The van der Waals surface area contributed by atoms with Crippen LogP contribution >= 0.6 is 0 Å². The number of para-hydroxylation sites is 1. The molecule has 0 saturated heterocycles. The average Bonchev–Trinajstić information content (AvgIpc) is 2.38. The van der Waals surface area contributed by atoms with Crippen molar-refractivity contribution in [1.29, 1.82) is 0 Å². The Morgan fingerprint density at radius 3 is 2.79 bits per heavy atom. The smallest absolute Gasteiger partial charge is 0.308 e. The summed E-state index contributed by atoms with van der Waals surface area (Å²) in [6.45, 7) is 2.63. The molecule has 0 fully saturated rings. The molecule has 1 amide bonds. The number of carboxylic acids is 1. The number of carbonyl (C=O) groups excluding carboxylic acids is 1. The van der Waals surface area contributed by atoms with Crippen molar-refractivity contribution >= 4 is 17.6 Å². The van der Waals surface area contributed by atoms with Crippen molar-refractivity contribution in [1.82, 2.24) is 0 Å². The molecule has 5 heteroatoms. The molecule has 2 unspecified atom stereocenters. The van der Waals surface area contributed by atoms with Crippen LogP contribution in [0.2, 0.25) is 0 Å². The van der Waals surface area contributed by atoms with Crippen molar-refractivity contribution in [3.05, 3.63) is 29.8 Å². The highest BCUT2D eigenvalue weighted by atomic mass is 16.4. The van der Waals surface area contributed by atoms with Crippen LogP contribution in [0.1, 0.15) is 12.5 Å². The number of carbonyl (C=O) groups is 2. The molecule has 1 heterocycles. The third-order valence-corrected chi connectivity index (χ3v) is 3.57. The van der Waals surface area contributed by atoms with E-state index in [1.165, 1.54) is 0 Å². The molecule has 2 rings (SSSR count). The summed E-state index contributed by atoms with van der Waals surface area (Å²) >= 11 is 0. The molecule has 1 aliphatic heterocycles. The number of fused-ring (bicyclic) bond motifs is 1. The van der Waals surface area contributed by atoms with Crippen molar-refractivity contribution in [2.45, 2.75) is 13.3 Å². The number of aliphatic carboxylic acids is 1. The summed E-state index contributed by atoms with van der Waals surface area (Å²) in [5, 5.41) is 9.21. The highest BCUT2D eigenvalue weighted by Crippen LogP contribution is 2.30. The van der Waals surface area contributed by atoms with Gasteiger partial charge in [-0.3, -0.25) is 9.59 Å². The van der Waals surface area contributed by atoms with Crippen molar-refractivity contribution in [2.75, 3.05) is 18.0 Å². The highest BCUT2D eigenvalue weighted by Gasteiger charge is 2.30. The summed E-state index contributed by atoms with van der Waals surface area (Å²) in [7, 11) is 0. The van der Waals surface area contributed by atoms with Crippen molar-refractivity contribution in [3.63, 3.8) is 0 Å². The summed E-state index contributed by atoms with van der Waals surface area (Å²) in [5.74, 6) is -1.91. The average molecular weight is 262 g/mol. The van der Waals surface area contributed by atoms with Crippen LogP contribution in [0, 0.1) is 11.8 Å². The van der Waals surface area contributed by atoms with E-state index in [-0.39, 0.29) is 11.8 Å². The Bertz CT molecular complexity index is 501. The molecule has 0 aliphatic carbocycles. The standard InChI is InChI=1S/C14H18N2O3/c1-9(13(15)17)7-16-8-11(14(18)19)6-10-4-2-3-5-12(10)16/h2-5,9,11H,6-8H2,1H3,(H2,15,17)(H,18,19). The Morgan fingerprint density at radius 2 is 2.16 bits per heavy atom. The number of carboxylic acid groups (broad SMARTS) is 1. The molecule has 102 valence electrons. The van der Waals surface area contributed by atoms with E-state index in [9.17, 15) is 14.7 Å². The molecule has 1 aromatic carbocycles. The van der Waals surface area contributed by atoms with Gasteiger partial charge >= 0.3 is 5.97 Å². The van der Waals surface area contributed by atoms with E-state index in [0.29, 0.717) is 19.5 Å². The van der Waals surface area contributed by atoms with Crippen molar-refractivity contribution in [2.24, 2.45) is 17.6 Å². The van der Waals surface area contributed by atoms with E-state index in [1.807, 2.05) is 29.2 Å². The summed E-state index contributed by atoms with van der Waals surface area (Å²) in [4.78, 5) is 24.3. The summed E-state index contributed by atoms with van der Waals surface area (Å²) in [6, 6.07) is 7.72. The molecule has 0 saturated carbocycles. The third-order valence-electron chi connectivity index (χ3n) is 3.57. The van der Waals surface area contributed by atoms with Gasteiger partial charge in [-0.05, 0) is 18.1 Å². The summed E-state index contributed by atoms with van der Waals surface area (Å²) in [6.07, 6.45) is 0.535. The van der Waals surface area contributed by atoms with Gasteiger partial charge in [-0.25, -0.2) is 0 Å². The maximum atomic E-state index is 11.2. The molecule has 19 heavy (non-hydrogen) atoms. The summed E-state index contributed by atoms with van der Waals surface area (Å²) < 4.78 is 0. The number of hydrogen-bond acceptors (Lipinski definition) is 3. The molecular weight excluding hydrogens is 244 g/mol. The van der Waals surface area contributed by atoms with Crippen LogP contribution in [-0.2, 0) is 16.0 Å². The zero-order valence-electron chi connectivity index (χ0n) is 10.9. The van der Waals surface area contributed by atoms with Gasteiger partial charge in [0.1, 0.15) is 0 Å². The van der Waals surface area contributed by atoms with Gasteiger partial charge in [0.15, 0.2) is 0 Å². The third kappa shape index (κ3) is 2.86. The molecule has 0 spiro atoms. The van der Waals surface area contributed by atoms with E-state index >= 15 is 0 Å². The number of amides is 1. The lowest BCUT2D eigenvalue weighted by Gasteiger charge is -2.35. The molecule has 1 aliphatic rings. The van der Waals surface area contributed by atoms with E-state index in [1.54, 1.807) is 6.92 Å². The van der Waals surface area contributed by atoms with Crippen LogP contribution in [0.15, 0.2) is 24.3 Å². The van der Waals surface area contributed by atoms with Crippen LogP contribution in [0.5, 0.6) is 0 Å². The molecule has 1 aromatic rings. The lowest BCUT2D eigenvalue weighted by molar-refractivity contribution is -0.141. The quantitative estimate of drug-likeness (QED) is 0.843. The van der Waals surface area contributed by atoms with E-state index in [4.69, 9.17) is 5.73 Å². The van der Waals surface area contributed by atoms with Gasteiger partial charge in [-0.2, -0.15) is 0 Å². The molecule has 3 N–H and O–H groups in total. The zero-order chi connectivity index (χ0) is 14.0. The van der Waals surface area contributed by atoms with Gasteiger partial charge in [0.05, 0.1) is 11.8 Å². The monoisotopic (exact) mass is 262 g/mol. The van der Waals surface area contributed by atoms with Crippen LogP contribution < -0.4 is 10.6 Å². The Morgan fingerprint density at radius 1 is 1.47 bits per heavy atom. The first-order chi connectivity index (χ1) is 8.99. The Labute approximate surface area is 112 Å². The number of nitrogens with two attached hydrogens (primary N) is 1. The van der Waals surface area contributed by atoms with Crippen LogP contribution in [-0.4, -0.2) is 30.1 Å². The number of nitrogens with zero attached hydrogens (tertiary/aromatic N) is 1. The van der Waals surface area contributed by atoms with Crippen molar-refractivity contribution in [3.8, 4) is 0 Å². The van der Waals surface area contributed by atoms with Gasteiger partial charge in [-0.1, -0.05) is 25.1 Å². The number of rotatable bonds is 4. The Hall–Kier alpha value is -2.04. The molecule has 5 nitrogen and oxygen atoms in total. The van der Waals surface area contributed by atoms with E-state index in [2.05, 4.69) is 0 Å². The molecule has 0 bridgehead atoms. The molecular formula is C14H18N2O3. The maximum Gasteiger partial charge on any atom is 0.308 e. The van der Waals surface area contributed by atoms with Gasteiger partial charge in [0, 0.05) is 18.8 Å². The van der Waals surface area contributed by atoms with Gasteiger partial charge in [0.2, 0.25) is 5.91 Å². The SMILES string of the molecule is CC(CN1CC(C(=O)O)Cc2ccccc21)C(N)=O. The second kappa shape index (κ2) is 5.30.